The van der Waals surface area contributed by atoms with Gasteiger partial charge in [0.1, 0.15) is 0 Å². The average molecular weight is 616 g/mol. The Morgan fingerprint density at radius 1 is 1.05 bits per heavy atom. The second-order valence-corrected chi connectivity index (χ2v) is 12.1. The molecule has 224 valence electrons. The molecule has 40 heavy (non-hydrogen) atoms. The van der Waals surface area contributed by atoms with Crippen molar-refractivity contribution in [2.45, 2.75) is 42.1 Å². The molecule has 4 rings (SSSR count). The van der Waals surface area contributed by atoms with E-state index in [9.17, 15) is 36.2 Å². The number of nitrogens with one attached hydrogen (secondary N) is 1. The number of amides is 1. The van der Waals surface area contributed by atoms with Gasteiger partial charge in [0.25, 0.3) is 5.60 Å². The molecule has 2 saturated heterocycles. The van der Waals surface area contributed by atoms with Crippen LogP contribution in [-0.4, -0.2) is 94.9 Å². The lowest BCUT2D eigenvalue weighted by Gasteiger charge is -2.34. The van der Waals surface area contributed by atoms with E-state index in [1.165, 1.54) is 23.3 Å². The number of aromatic nitrogens is 2. The van der Waals surface area contributed by atoms with E-state index in [2.05, 4.69) is 38.3 Å². The quantitative estimate of drug-likeness (QED) is 0.345. The molecule has 17 heteroatoms. The van der Waals surface area contributed by atoms with Gasteiger partial charge in [0.05, 0.1) is 15.3 Å². The van der Waals surface area contributed by atoms with Crippen LogP contribution in [0.25, 0.3) is 0 Å². The molecule has 1 unspecified atom stereocenters. The van der Waals surface area contributed by atoms with Crippen LogP contribution >= 0.6 is 23.3 Å². The number of carbonyl (C=O) groups is 1. The van der Waals surface area contributed by atoms with Gasteiger partial charge in [-0.2, -0.15) is 26.3 Å². The first-order valence-electron chi connectivity index (χ1n) is 12.2. The Morgan fingerprint density at radius 3 is 2.05 bits per heavy atom. The number of nitrogens with two attached hydrogens (primary N) is 1. The summed E-state index contributed by atoms with van der Waals surface area (Å²) < 4.78 is 80.6. The van der Waals surface area contributed by atoms with Gasteiger partial charge in [-0.15, -0.1) is 11.3 Å². The highest BCUT2D eigenvalue weighted by molar-refractivity contribution is 7.99. The number of hydrogen-bond donors (Lipinski definition) is 3. The van der Waals surface area contributed by atoms with E-state index in [0.29, 0.717) is 49.5 Å². The number of thiophene rings is 1. The summed E-state index contributed by atoms with van der Waals surface area (Å²) in [5.74, 6) is 0.569. The number of alkyl halides is 6. The van der Waals surface area contributed by atoms with Crippen molar-refractivity contribution in [1.82, 2.24) is 24.5 Å². The Bertz CT molecular complexity index is 1110. The zero-order valence-corrected chi connectivity index (χ0v) is 23.6. The standard InChI is InChI=1S/C15H15F6N5OS2.C8H16N2O/c16-14(17,18)13(27,15(19,20)21)9-7-23-12(24-8-9)25-3-5-26(6-4-25)29-11-2-1-10(22)28-11;1-6(2)7-8(11)9-4-5-10(7)3/h1-2,7-8,27H,3-6,22H2;6-7H,4-5H2,1-3H3,(H,9,11). The lowest BCUT2D eigenvalue weighted by Crippen LogP contribution is -2.55. The Hall–Kier alpha value is -2.34. The van der Waals surface area contributed by atoms with Gasteiger partial charge in [-0.25, -0.2) is 14.3 Å². The largest absolute Gasteiger partial charge is 0.430 e. The van der Waals surface area contributed by atoms with Crippen molar-refractivity contribution < 1.29 is 36.2 Å². The van der Waals surface area contributed by atoms with E-state index in [-0.39, 0.29) is 17.9 Å². The number of nitrogen functional groups attached to an aromatic ring is 1. The molecule has 0 radical (unpaired) electrons. The van der Waals surface area contributed by atoms with Gasteiger partial charge in [-0.3, -0.25) is 9.69 Å². The number of hydrogen-bond acceptors (Lipinski definition) is 10. The topological polar surface area (TPSA) is 111 Å². The third-order valence-electron chi connectivity index (χ3n) is 6.36. The van der Waals surface area contributed by atoms with Crippen molar-refractivity contribution in [3.05, 3.63) is 30.1 Å². The van der Waals surface area contributed by atoms with Crippen molar-refractivity contribution in [2.75, 3.05) is 56.9 Å². The van der Waals surface area contributed by atoms with Crippen LogP contribution in [0, 0.1) is 5.92 Å². The zero-order chi connectivity index (χ0) is 29.9. The Morgan fingerprint density at radius 2 is 1.62 bits per heavy atom. The van der Waals surface area contributed by atoms with Crippen molar-refractivity contribution >= 4 is 40.1 Å². The number of halogens is 6. The van der Waals surface area contributed by atoms with Crippen molar-refractivity contribution in [3.63, 3.8) is 0 Å². The number of carbonyl (C=O) groups excluding carboxylic acids is 1. The molecular formula is C23H31F6N7O2S2. The molecule has 2 aliphatic heterocycles. The van der Waals surface area contributed by atoms with Crippen LogP contribution in [0.2, 0.25) is 0 Å². The normalized spacial score (nSPS) is 19.8. The van der Waals surface area contributed by atoms with Gasteiger partial charge in [-0.05, 0) is 37.0 Å². The van der Waals surface area contributed by atoms with Crippen LogP contribution in [0.4, 0.5) is 37.3 Å². The van der Waals surface area contributed by atoms with Gasteiger partial charge in [0, 0.05) is 57.2 Å². The second kappa shape index (κ2) is 12.7. The predicted molar refractivity (Wildman–Crippen MR) is 141 cm³/mol. The van der Waals surface area contributed by atoms with E-state index in [0.717, 1.165) is 17.3 Å². The molecule has 0 saturated carbocycles. The maximum Gasteiger partial charge on any atom is 0.430 e. The van der Waals surface area contributed by atoms with E-state index < -0.39 is 23.5 Å². The summed E-state index contributed by atoms with van der Waals surface area (Å²) in [4.78, 5) is 22.3. The van der Waals surface area contributed by atoms with E-state index in [1.807, 2.05) is 13.1 Å². The fourth-order valence-electron chi connectivity index (χ4n) is 4.26. The molecule has 9 nitrogen and oxygen atoms in total. The van der Waals surface area contributed by atoms with Gasteiger partial charge in [0.2, 0.25) is 11.9 Å². The number of aliphatic hydroxyl groups is 1. The van der Waals surface area contributed by atoms with E-state index >= 15 is 0 Å². The Kier molecular flexibility index (Phi) is 10.2. The fourth-order valence-corrected chi connectivity index (χ4v) is 6.25. The van der Waals surface area contributed by atoms with E-state index in [4.69, 9.17) is 5.73 Å². The van der Waals surface area contributed by atoms with Crippen LogP contribution in [0.3, 0.4) is 0 Å². The maximum absolute atomic E-state index is 12.9. The summed E-state index contributed by atoms with van der Waals surface area (Å²) in [6, 6.07) is 3.76. The molecule has 0 spiro atoms. The molecule has 2 aromatic rings. The molecule has 1 atom stereocenters. The van der Waals surface area contributed by atoms with Crippen LogP contribution in [0.15, 0.2) is 28.7 Å². The number of anilines is 2. The van der Waals surface area contributed by atoms with Gasteiger partial charge >= 0.3 is 12.4 Å². The third kappa shape index (κ3) is 7.29. The maximum atomic E-state index is 12.9. The second-order valence-electron chi connectivity index (χ2n) is 9.60. The molecular weight excluding hydrogens is 584 g/mol. The minimum atomic E-state index is -5.97. The Balaban J connectivity index is 0.000000336. The number of likely N-dealkylation sites (N-methyl/N-ethyl adjacent to an activating group) is 1. The lowest BCUT2D eigenvalue weighted by atomic mass is 9.95. The molecule has 4 heterocycles. The van der Waals surface area contributed by atoms with Crippen LogP contribution in [-0.2, 0) is 10.4 Å². The van der Waals surface area contributed by atoms with Gasteiger partial charge in [0.15, 0.2) is 0 Å². The van der Waals surface area contributed by atoms with Crippen molar-refractivity contribution in [2.24, 2.45) is 5.92 Å². The summed E-state index contributed by atoms with van der Waals surface area (Å²) >= 11 is 2.95. The van der Waals surface area contributed by atoms with Crippen LogP contribution in [0.1, 0.15) is 19.4 Å². The van der Waals surface area contributed by atoms with E-state index in [1.54, 1.807) is 11.0 Å². The summed E-state index contributed by atoms with van der Waals surface area (Å²) in [7, 11) is 2.00. The molecule has 2 aliphatic rings. The van der Waals surface area contributed by atoms with Gasteiger partial charge in [-0.1, -0.05) is 13.8 Å². The van der Waals surface area contributed by atoms with Gasteiger partial charge < -0.3 is 21.1 Å². The first kappa shape index (κ1) is 32.2. The first-order chi connectivity index (χ1) is 18.5. The number of piperazine rings is 2. The first-order valence-corrected chi connectivity index (χ1v) is 13.8. The smallest absolute Gasteiger partial charge is 0.391 e. The molecule has 0 aromatic carbocycles. The fraction of sp³-hybridized carbons (Fsp3) is 0.609. The zero-order valence-electron chi connectivity index (χ0n) is 22.0. The molecule has 0 aliphatic carbocycles. The molecule has 0 bridgehead atoms. The number of nitrogens with zero attached hydrogens (tertiary/aromatic N) is 5. The highest BCUT2D eigenvalue weighted by atomic mass is 32.2. The van der Waals surface area contributed by atoms with Crippen molar-refractivity contribution in [3.8, 4) is 0 Å². The Labute approximate surface area is 235 Å². The summed E-state index contributed by atoms with van der Waals surface area (Å²) in [6.07, 6.45) is -11.2. The summed E-state index contributed by atoms with van der Waals surface area (Å²) in [6.45, 7) is 7.91. The molecule has 1 amide bonds. The molecule has 2 aromatic heterocycles. The predicted octanol–water partition coefficient (Wildman–Crippen LogP) is 3.33. The lowest BCUT2D eigenvalue weighted by molar-refractivity contribution is -0.376. The van der Waals surface area contributed by atoms with Crippen LogP contribution < -0.4 is 16.0 Å². The molecule has 2 fully saturated rings. The minimum Gasteiger partial charge on any atom is -0.391 e. The van der Waals surface area contributed by atoms with Crippen molar-refractivity contribution in [1.29, 1.82) is 0 Å². The average Bonchev–Trinajstić information content (AvgIpc) is 3.27. The third-order valence-corrected chi connectivity index (χ3v) is 8.48. The molecule has 4 N–H and O–H groups in total. The summed E-state index contributed by atoms with van der Waals surface area (Å²) in [5, 5.41) is 12.9. The number of rotatable bonds is 5. The van der Waals surface area contributed by atoms with Crippen LogP contribution in [0.5, 0.6) is 0 Å². The summed E-state index contributed by atoms with van der Waals surface area (Å²) in [5.41, 5.74) is -0.831. The highest BCUT2D eigenvalue weighted by Crippen LogP contribution is 2.49. The SMILES string of the molecule is CC(C)C1C(=O)NCCN1C.Nc1ccc(SN2CCN(c3ncc(C(O)(C(F)(F)F)C(F)(F)F)cn3)CC2)s1. The highest BCUT2D eigenvalue weighted by Gasteiger charge is 2.71. The minimum absolute atomic E-state index is 0.00883. The monoisotopic (exact) mass is 615 g/mol.